The predicted molar refractivity (Wildman–Crippen MR) is 96.0 cm³/mol. The second-order valence-corrected chi connectivity index (χ2v) is 5.37. The van der Waals surface area contributed by atoms with Gasteiger partial charge in [0.2, 0.25) is 6.41 Å². The second kappa shape index (κ2) is 8.49. The maximum absolute atomic E-state index is 11.8. The number of rotatable bonds is 7. The van der Waals surface area contributed by atoms with Gasteiger partial charge in [0, 0.05) is 5.69 Å². The zero-order valence-corrected chi connectivity index (χ0v) is 13.8. The topological polar surface area (TPSA) is 117 Å². The van der Waals surface area contributed by atoms with Crippen molar-refractivity contribution in [3.05, 3.63) is 53.6 Å². The van der Waals surface area contributed by atoms with E-state index in [1.54, 1.807) is 0 Å². The van der Waals surface area contributed by atoms with Crippen molar-refractivity contribution in [2.75, 3.05) is 12.0 Å². The number of ether oxygens (including phenoxy) is 1. The van der Waals surface area contributed by atoms with Crippen LogP contribution in [0.2, 0.25) is 0 Å². The van der Waals surface area contributed by atoms with Gasteiger partial charge in [0.15, 0.2) is 12.7 Å². The summed E-state index contributed by atoms with van der Waals surface area (Å²) < 4.78 is 4.92. The lowest BCUT2D eigenvalue weighted by atomic mass is 9.95. The SMILES string of the molecule is Cc1c(CC(=O)OCNC=O)cccc1-c1cccc(NC(=N)N)c1. The van der Waals surface area contributed by atoms with E-state index in [0.29, 0.717) is 12.1 Å². The van der Waals surface area contributed by atoms with Crippen molar-refractivity contribution < 1.29 is 14.3 Å². The monoisotopic (exact) mass is 340 g/mol. The fraction of sp³-hybridized carbons (Fsp3) is 0.167. The molecule has 0 unspecified atom stereocenters. The van der Waals surface area contributed by atoms with Gasteiger partial charge in [-0.05, 0) is 41.3 Å². The Morgan fingerprint density at radius 1 is 1.28 bits per heavy atom. The van der Waals surface area contributed by atoms with Crippen LogP contribution < -0.4 is 16.4 Å². The molecule has 0 heterocycles. The van der Waals surface area contributed by atoms with E-state index >= 15 is 0 Å². The van der Waals surface area contributed by atoms with Crippen LogP contribution in [0.1, 0.15) is 11.1 Å². The maximum Gasteiger partial charge on any atom is 0.311 e. The summed E-state index contributed by atoms with van der Waals surface area (Å²) in [4.78, 5) is 22.0. The average molecular weight is 340 g/mol. The van der Waals surface area contributed by atoms with Crippen LogP contribution in [0.25, 0.3) is 11.1 Å². The Bertz CT molecular complexity index is 790. The van der Waals surface area contributed by atoms with E-state index in [4.69, 9.17) is 15.9 Å². The number of esters is 1. The molecule has 0 aliphatic carbocycles. The average Bonchev–Trinajstić information content (AvgIpc) is 2.56. The highest BCUT2D eigenvalue weighted by atomic mass is 16.5. The summed E-state index contributed by atoms with van der Waals surface area (Å²) >= 11 is 0. The summed E-state index contributed by atoms with van der Waals surface area (Å²) in [5.41, 5.74) is 9.81. The van der Waals surface area contributed by atoms with Gasteiger partial charge in [-0.2, -0.15) is 0 Å². The number of nitrogens with one attached hydrogen (secondary N) is 3. The molecule has 2 aromatic carbocycles. The fourth-order valence-corrected chi connectivity index (χ4v) is 2.47. The molecule has 0 spiro atoms. The van der Waals surface area contributed by atoms with Crippen molar-refractivity contribution in [2.45, 2.75) is 13.3 Å². The molecule has 0 aliphatic rings. The lowest BCUT2D eigenvalue weighted by molar-refractivity contribution is -0.143. The third-order valence-electron chi connectivity index (χ3n) is 3.63. The number of carbonyl (C=O) groups is 2. The largest absolute Gasteiger partial charge is 0.444 e. The minimum atomic E-state index is -0.415. The molecule has 130 valence electrons. The van der Waals surface area contributed by atoms with Gasteiger partial charge in [-0.25, -0.2) is 0 Å². The van der Waals surface area contributed by atoms with Gasteiger partial charge in [0.1, 0.15) is 0 Å². The third kappa shape index (κ3) is 5.07. The Morgan fingerprint density at radius 2 is 2.04 bits per heavy atom. The van der Waals surface area contributed by atoms with Crippen LogP contribution >= 0.6 is 0 Å². The molecule has 0 bridgehead atoms. The lowest BCUT2D eigenvalue weighted by Gasteiger charge is -2.13. The second-order valence-electron chi connectivity index (χ2n) is 5.37. The molecule has 0 radical (unpaired) electrons. The summed E-state index contributed by atoms with van der Waals surface area (Å²) in [5, 5.41) is 12.4. The van der Waals surface area contributed by atoms with Crippen molar-refractivity contribution in [2.24, 2.45) is 5.73 Å². The quantitative estimate of drug-likeness (QED) is 0.153. The van der Waals surface area contributed by atoms with Gasteiger partial charge in [0.25, 0.3) is 0 Å². The molecule has 25 heavy (non-hydrogen) atoms. The first-order valence-corrected chi connectivity index (χ1v) is 7.64. The summed E-state index contributed by atoms with van der Waals surface area (Å²) in [5.74, 6) is -0.545. The van der Waals surface area contributed by atoms with Crippen LogP contribution in [0.3, 0.4) is 0 Å². The Labute approximate surface area is 145 Å². The predicted octanol–water partition coefficient (Wildman–Crippen LogP) is 1.76. The molecule has 0 saturated carbocycles. The Balaban J connectivity index is 2.21. The van der Waals surface area contributed by atoms with Crippen molar-refractivity contribution in [1.82, 2.24) is 5.32 Å². The number of hydrogen-bond acceptors (Lipinski definition) is 4. The van der Waals surface area contributed by atoms with Crippen LogP contribution in [0.5, 0.6) is 0 Å². The van der Waals surface area contributed by atoms with Crippen molar-refractivity contribution in [3.63, 3.8) is 0 Å². The molecule has 2 rings (SSSR count). The van der Waals surface area contributed by atoms with E-state index in [1.165, 1.54) is 0 Å². The summed E-state index contributed by atoms with van der Waals surface area (Å²) in [6, 6.07) is 13.2. The minimum Gasteiger partial charge on any atom is -0.444 e. The van der Waals surface area contributed by atoms with E-state index in [1.807, 2.05) is 49.4 Å². The van der Waals surface area contributed by atoms with Gasteiger partial charge in [-0.15, -0.1) is 0 Å². The van der Waals surface area contributed by atoms with Crippen LogP contribution in [0.15, 0.2) is 42.5 Å². The zero-order valence-electron chi connectivity index (χ0n) is 13.8. The van der Waals surface area contributed by atoms with Gasteiger partial charge in [-0.1, -0.05) is 30.3 Å². The molecule has 7 nitrogen and oxygen atoms in total. The molecular formula is C18H20N4O3. The number of nitrogens with two attached hydrogens (primary N) is 1. The first-order chi connectivity index (χ1) is 12.0. The highest BCUT2D eigenvalue weighted by molar-refractivity contribution is 5.90. The molecule has 5 N–H and O–H groups in total. The Hall–Kier alpha value is -3.35. The molecule has 1 amide bonds. The van der Waals surface area contributed by atoms with E-state index in [-0.39, 0.29) is 19.1 Å². The first kappa shape index (κ1) is 18.0. The van der Waals surface area contributed by atoms with Crippen molar-refractivity contribution in [3.8, 4) is 11.1 Å². The fourth-order valence-electron chi connectivity index (χ4n) is 2.47. The molecule has 0 fully saturated rings. The van der Waals surface area contributed by atoms with Crippen molar-refractivity contribution >= 4 is 24.0 Å². The van der Waals surface area contributed by atoms with Crippen LogP contribution in [0, 0.1) is 12.3 Å². The highest BCUT2D eigenvalue weighted by Crippen LogP contribution is 2.28. The number of carbonyl (C=O) groups excluding carboxylic acids is 2. The Morgan fingerprint density at radius 3 is 2.76 bits per heavy atom. The number of anilines is 1. The third-order valence-corrected chi connectivity index (χ3v) is 3.63. The summed E-state index contributed by atoms with van der Waals surface area (Å²) in [7, 11) is 0. The smallest absolute Gasteiger partial charge is 0.311 e. The van der Waals surface area contributed by atoms with E-state index < -0.39 is 5.97 Å². The van der Waals surface area contributed by atoms with E-state index in [2.05, 4.69) is 10.6 Å². The first-order valence-electron chi connectivity index (χ1n) is 7.64. The normalized spacial score (nSPS) is 9.96. The molecule has 0 atom stereocenters. The van der Waals surface area contributed by atoms with Crippen molar-refractivity contribution in [1.29, 1.82) is 5.41 Å². The number of guanidine groups is 1. The van der Waals surface area contributed by atoms with Crippen LogP contribution in [-0.4, -0.2) is 25.1 Å². The lowest BCUT2D eigenvalue weighted by Crippen LogP contribution is -2.20. The minimum absolute atomic E-state index is 0.117. The van der Waals surface area contributed by atoms with E-state index in [0.717, 1.165) is 22.3 Å². The summed E-state index contributed by atoms with van der Waals surface area (Å²) in [6.07, 6.45) is 0.590. The van der Waals surface area contributed by atoms with Gasteiger partial charge >= 0.3 is 5.97 Å². The molecular weight excluding hydrogens is 320 g/mol. The molecule has 0 aromatic heterocycles. The molecule has 7 heteroatoms. The standard InChI is InChI=1S/C18H20N4O3/c1-12-13(9-17(24)25-11-21-10-23)4-3-7-16(12)14-5-2-6-15(8-14)22-18(19)20/h2-8,10H,9,11H2,1H3,(H,21,23)(H4,19,20,22). The van der Waals surface area contributed by atoms with Crippen LogP contribution in [-0.2, 0) is 20.7 Å². The Kier molecular flexibility index (Phi) is 6.11. The highest BCUT2D eigenvalue weighted by Gasteiger charge is 2.11. The molecule has 2 aromatic rings. The number of benzene rings is 2. The number of hydrogen-bond donors (Lipinski definition) is 4. The van der Waals surface area contributed by atoms with Gasteiger partial charge in [-0.3, -0.25) is 15.0 Å². The number of amides is 1. The van der Waals surface area contributed by atoms with E-state index in [9.17, 15) is 9.59 Å². The van der Waals surface area contributed by atoms with Gasteiger partial charge < -0.3 is 21.1 Å². The van der Waals surface area contributed by atoms with Crippen LogP contribution in [0.4, 0.5) is 5.69 Å². The zero-order chi connectivity index (χ0) is 18.2. The summed E-state index contributed by atoms with van der Waals surface area (Å²) in [6.45, 7) is 1.80. The van der Waals surface area contributed by atoms with Gasteiger partial charge in [0.05, 0.1) is 6.42 Å². The molecule has 0 aliphatic heterocycles. The maximum atomic E-state index is 11.8. The molecule has 0 saturated heterocycles.